The molecule has 1 atom stereocenters. The summed E-state index contributed by atoms with van der Waals surface area (Å²) in [5, 5.41) is 2.28. The highest BCUT2D eigenvalue weighted by atomic mass is 32.1. The maximum atomic E-state index is 2.36. The summed E-state index contributed by atoms with van der Waals surface area (Å²) in [5.74, 6) is 0.756. The maximum absolute atomic E-state index is 2.36. The van der Waals surface area contributed by atoms with E-state index in [1.807, 2.05) is 11.3 Å². The second kappa shape index (κ2) is 4.80. The Morgan fingerprint density at radius 1 is 1.38 bits per heavy atom. The highest BCUT2D eigenvalue weighted by molar-refractivity contribution is 7.10. The van der Waals surface area contributed by atoms with E-state index < -0.39 is 0 Å². The number of thiophene rings is 1. The van der Waals surface area contributed by atoms with Gasteiger partial charge < -0.3 is 0 Å². The van der Waals surface area contributed by atoms with Gasteiger partial charge in [-0.15, -0.1) is 11.3 Å². The highest BCUT2D eigenvalue weighted by Gasteiger charge is 2.11. The van der Waals surface area contributed by atoms with E-state index in [0.717, 1.165) is 5.92 Å². The SMILES string of the molecule is CCCCC(C)c1c(C)csc1C. The summed E-state index contributed by atoms with van der Waals surface area (Å²) < 4.78 is 0. The minimum atomic E-state index is 0.756. The molecule has 0 nitrogen and oxygen atoms in total. The molecule has 1 unspecified atom stereocenters. The molecule has 1 heterocycles. The largest absolute Gasteiger partial charge is 0.149 e. The zero-order chi connectivity index (χ0) is 9.84. The van der Waals surface area contributed by atoms with Crippen molar-refractivity contribution in [2.75, 3.05) is 0 Å². The monoisotopic (exact) mass is 196 g/mol. The van der Waals surface area contributed by atoms with E-state index >= 15 is 0 Å². The summed E-state index contributed by atoms with van der Waals surface area (Å²) in [6, 6.07) is 0. The summed E-state index contributed by atoms with van der Waals surface area (Å²) in [6.07, 6.45) is 4.01. The van der Waals surface area contributed by atoms with Gasteiger partial charge in [0.2, 0.25) is 0 Å². The molecule has 0 fully saturated rings. The lowest BCUT2D eigenvalue weighted by Gasteiger charge is -2.12. The van der Waals surface area contributed by atoms with Gasteiger partial charge in [0.05, 0.1) is 0 Å². The summed E-state index contributed by atoms with van der Waals surface area (Å²) in [6.45, 7) is 9.11. The topological polar surface area (TPSA) is 0 Å². The van der Waals surface area contributed by atoms with Crippen LogP contribution in [0.2, 0.25) is 0 Å². The summed E-state index contributed by atoms with van der Waals surface area (Å²) in [4.78, 5) is 1.51. The van der Waals surface area contributed by atoms with Gasteiger partial charge in [-0.05, 0) is 42.7 Å². The van der Waals surface area contributed by atoms with Crippen molar-refractivity contribution in [2.45, 2.75) is 52.9 Å². The first-order valence-corrected chi connectivity index (χ1v) is 6.09. The lowest BCUT2D eigenvalue weighted by molar-refractivity contribution is 0.621. The molecule has 1 heteroatoms. The van der Waals surface area contributed by atoms with Crippen molar-refractivity contribution in [3.8, 4) is 0 Å². The second-order valence-corrected chi connectivity index (χ2v) is 5.02. The van der Waals surface area contributed by atoms with Crippen LogP contribution in [-0.2, 0) is 0 Å². The van der Waals surface area contributed by atoms with Crippen LogP contribution in [-0.4, -0.2) is 0 Å². The van der Waals surface area contributed by atoms with Crippen LogP contribution in [0.1, 0.15) is 55.0 Å². The molecule has 13 heavy (non-hydrogen) atoms. The van der Waals surface area contributed by atoms with Crippen LogP contribution < -0.4 is 0 Å². The Morgan fingerprint density at radius 3 is 2.54 bits per heavy atom. The van der Waals surface area contributed by atoms with Crippen LogP contribution >= 0.6 is 11.3 Å². The van der Waals surface area contributed by atoms with Crippen LogP contribution in [0.5, 0.6) is 0 Å². The van der Waals surface area contributed by atoms with Gasteiger partial charge in [0.1, 0.15) is 0 Å². The van der Waals surface area contributed by atoms with Gasteiger partial charge in [-0.1, -0.05) is 26.7 Å². The molecular weight excluding hydrogens is 176 g/mol. The van der Waals surface area contributed by atoms with Gasteiger partial charge in [0.25, 0.3) is 0 Å². The van der Waals surface area contributed by atoms with Gasteiger partial charge in [-0.25, -0.2) is 0 Å². The summed E-state index contributed by atoms with van der Waals surface area (Å²) in [5.41, 5.74) is 3.10. The molecule has 0 amide bonds. The predicted octanol–water partition coefficient (Wildman–Crippen LogP) is 4.66. The fourth-order valence-corrected chi connectivity index (χ4v) is 2.94. The first-order chi connectivity index (χ1) is 6.16. The van der Waals surface area contributed by atoms with Gasteiger partial charge >= 0.3 is 0 Å². The molecule has 0 bridgehead atoms. The quantitative estimate of drug-likeness (QED) is 0.657. The van der Waals surface area contributed by atoms with Crippen LogP contribution in [0.3, 0.4) is 0 Å². The molecule has 0 saturated carbocycles. The molecule has 0 aliphatic heterocycles. The average Bonchev–Trinajstić information content (AvgIpc) is 2.42. The first-order valence-electron chi connectivity index (χ1n) is 5.21. The van der Waals surface area contributed by atoms with E-state index in [1.54, 1.807) is 5.56 Å². The van der Waals surface area contributed by atoms with Crippen molar-refractivity contribution in [1.29, 1.82) is 0 Å². The lowest BCUT2D eigenvalue weighted by Crippen LogP contribution is -1.95. The molecule has 1 aromatic heterocycles. The predicted molar refractivity (Wildman–Crippen MR) is 61.7 cm³/mol. The standard InChI is InChI=1S/C12H20S/c1-5-6-7-9(2)12-10(3)8-13-11(12)4/h8-9H,5-7H2,1-4H3. The number of hydrogen-bond acceptors (Lipinski definition) is 1. The third-order valence-corrected chi connectivity index (χ3v) is 3.74. The van der Waals surface area contributed by atoms with E-state index in [1.165, 1.54) is 29.7 Å². The second-order valence-electron chi connectivity index (χ2n) is 3.93. The van der Waals surface area contributed by atoms with Crippen LogP contribution in [0.25, 0.3) is 0 Å². The van der Waals surface area contributed by atoms with Gasteiger partial charge in [0.15, 0.2) is 0 Å². The smallest absolute Gasteiger partial charge is 0.00516 e. The Balaban J connectivity index is 2.69. The fourth-order valence-electron chi connectivity index (χ4n) is 1.97. The average molecular weight is 196 g/mol. The Kier molecular flexibility index (Phi) is 3.98. The van der Waals surface area contributed by atoms with E-state index in [4.69, 9.17) is 0 Å². The zero-order valence-electron chi connectivity index (χ0n) is 9.18. The first kappa shape index (κ1) is 10.8. The molecule has 1 aromatic rings. The van der Waals surface area contributed by atoms with Gasteiger partial charge in [-0.2, -0.15) is 0 Å². The minimum absolute atomic E-state index is 0.756. The number of rotatable bonds is 4. The van der Waals surface area contributed by atoms with Gasteiger partial charge in [-0.3, -0.25) is 0 Å². The molecule has 0 spiro atoms. The van der Waals surface area contributed by atoms with Crippen molar-refractivity contribution in [1.82, 2.24) is 0 Å². The molecule has 1 rings (SSSR count). The zero-order valence-corrected chi connectivity index (χ0v) is 10.0. The Labute approximate surface area is 86.0 Å². The molecule has 74 valence electrons. The van der Waals surface area contributed by atoms with E-state index in [9.17, 15) is 0 Å². The van der Waals surface area contributed by atoms with E-state index in [2.05, 4.69) is 33.1 Å². The van der Waals surface area contributed by atoms with Crippen LogP contribution in [0.15, 0.2) is 5.38 Å². The van der Waals surface area contributed by atoms with Crippen molar-refractivity contribution in [3.63, 3.8) is 0 Å². The number of hydrogen-bond donors (Lipinski definition) is 0. The van der Waals surface area contributed by atoms with Crippen molar-refractivity contribution < 1.29 is 0 Å². The highest BCUT2D eigenvalue weighted by Crippen LogP contribution is 2.31. The Bertz CT molecular complexity index is 241. The number of unbranched alkanes of at least 4 members (excludes halogenated alkanes) is 1. The molecule has 0 saturated heterocycles. The Hall–Kier alpha value is -0.300. The maximum Gasteiger partial charge on any atom is 0.00516 e. The summed E-state index contributed by atoms with van der Waals surface area (Å²) >= 11 is 1.89. The third kappa shape index (κ3) is 2.57. The summed E-state index contributed by atoms with van der Waals surface area (Å²) in [7, 11) is 0. The Morgan fingerprint density at radius 2 is 2.08 bits per heavy atom. The van der Waals surface area contributed by atoms with E-state index in [0.29, 0.717) is 0 Å². The molecule has 0 aliphatic rings. The lowest BCUT2D eigenvalue weighted by atomic mass is 9.93. The van der Waals surface area contributed by atoms with Crippen molar-refractivity contribution in [2.24, 2.45) is 0 Å². The van der Waals surface area contributed by atoms with Crippen molar-refractivity contribution in [3.05, 3.63) is 21.4 Å². The van der Waals surface area contributed by atoms with Crippen LogP contribution in [0.4, 0.5) is 0 Å². The molecule has 0 aromatic carbocycles. The normalized spacial score (nSPS) is 13.2. The van der Waals surface area contributed by atoms with Gasteiger partial charge in [0, 0.05) is 4.88 Å². The van der Waals surface area contributed by atoms with Crippen LogP contribution in [0, 0.1) is 13.8 Å². The minimum Gasteiger partial charge on any atom is -0.149 e. The number of aryl methyl sites for hydroxylation is 2. The molecule has 0 N–H and O–H groups in total. The molecule has 0 aliphatic carbocycles. The molecular formula is C12H20S. The van der Waals surface area contributed by atoms with Crippen molar-refractivity contribution >= 4 is 11.3 Å². The third-order valence-electron chi connectivity index (χ3n) is 2.70. The van der Waals surface area contributed by atoms with E-state index in [-0.39, 0.29) is 0 Å². The fraction of sp³-hybridized carbons (Fsp3) is 0.667. The molecule has 0 radical (unpaired) electrons.